The summed E-state index contributed by atoms with van der Waals surface area (Å²) in [5.41, 5.74) is 3.57. The number of hydrogen-bond donors (Lipinski definition) is 0. The molecule has 2 aromatic carbocycles. The normalized spacial score (nSPS) is 10.8. The van der Waals surface area contributed by atoms with Crippen molar-refractivity contribution in [3.63, 3.8) is 0 Å². The fourth-order valence-corrected chi connectivity index (χ4v) is 5.60. The van der Waals surface area contributed by atoms with Crippen molar-refractivity contribution in [3.05, 3.63) is 94.3 Å². The Morgan fingerprint density at radius 3 is 2.67 bits per heavy atom. The van der Waals surface area contributed by atoms with Crippen LogP contribution in [0.25, 0.3) is 20.7 Å². The van der Waals surface area contributed by atoms with E-state index in [1.165, 1.54) is 11.8 Å². The molecule has 148 valence electrons. The second kappa shape index (κ2) is 8.70. The van der Waals surface area contributed by atoms with Gasteiger partial charge in [0.15, 0.2) is 5.16 Å². The van der Waals surface area contributed by atoms with Gasteiger partial charge in [-0.25, -0.2) is 4.98 Å². The lowest BCUT2D eigenvalue weighted by atomic mass is 10.1. The predicted octanol–water partition coefficient (Wildman–Crippen LogP) is 5.78. The Kier molecular flexibility index (Phi) is 5.84. The Bertz CT molecular complexity index is 1330. The van der Waals surface area contributed by atoms with E-state index in [1.807, 2.05) is 43.3 Å². The number of benzene rings is 2. The highest BCUT2D eigenvalue weighted by Crippen LogP contribution is 2.36. The van der Waals surface area contributed by atoms with Gasteiger partial charge >= 0.3 is 0 Å². The lowest BCUT2D eigenvalue weighted by Gasteiger charge is -2.10. The Morgan fingerprint density at radius 1 is 1.20 bits per heavy atom. The first-order valence-electron chi connectivity index (χ1n) is 9.45. The van der Waals surface area contributed by atoms with E-state index in [0.29, 0.717) is 28.4 Å². The van der Waals surface area contributed by atoms with Gasteiger partial charge in [-0.2, -0.15) is 5.26 Å². The van der Waals surface area contributed by atoms with Crippen LogP contribution < -0.4 is 5.56 Å². The number of aryl methyl sites for hydroxylation is 1. The average molecular weight is 430 g/mol. The summed E-state index contributed by atoms with van der Waals surface area (Å²) < 4.78 is 1.67. The number of fused-ring (bicyclic) bond motifs is 1. The maximum absolute atomic E-state index is 13.4. The maximum Gasteiger partial charge on any atom is 0.263 e. The summed E-state index contributed by atoms with van der Waals surface area (Å²) in [6, 6.07) is 19.8. The van der Waals surface area contributed by atoms with Crippen LogP contribution in [0.1, 0.15) is 16.7 Å². The van der Waals surface area contributed by atoms with Gasteiger partial charge in [0.05, 0.1) is 17.0 Å². The van der Waals surface area contributed by atoms with Crippen molar-refractivity contribution in [1.82, 2.24) is 9.55 Å². The zero-order valence-electron chi connectivity index (χ0n) is 16.5. The van der Waals surface area contributed by atoms with Crippen LogP contribution in [0.5, 0.6) is 0 Å². The largest absolute Gasteiger partial charge is 0.283 e. The molecule has 0 bridgehead atoms. The van der Waals surface area contributed by atoms with Crippen molar-refractivity contribution in [2.75, 3.05) is 0 Å². The van der Waals surface area contributed by atoms with Crippen LogP contribution in [0.2, 0.25) is 0 Å². The zero-order valence-corrected chi connectivity index (χ0v) is 18.1. The molecular formula is C24H19N3OS2. The number of thiophene rings is 1. The molecule has 6 heteroatoms. The standard InChI is InChI=1S/C24H19N3OS2/c1-3-13-27-23(28)20-16(2)21(17-9-5-4-6-10-17)30-22(20)26-24(27)29-15-19-12-8-7-11-18(19)14-25/h3-12H,1,13,15H2,2H3. The minimum Gasteiger partial charge on any atom is -0.283 e. The maximum atomic E-state index is 13.4. The quantitative estimate of drug-likeness (QED) is 0.221. The molecule has 0 amide bonds. The third kappa shape index (κ3) is 3.70. The van der Waals surface area contributed by atoms with Gasteiger partial charge in [-0.15, -0.1) is 17.9 Å². The van der Waals surface area contributed by atoms with Crippen LogP contribution in [0, 0.1) is 18.3 Å². The SMILES string of the molecule is C=CCn1c(SCc2ccccc2C#N)nc2sc(-c3ccccc3)c(C)c2c1=O. The number of nitriles is 1. The van der Waals surface area contributed by atoms with Gasteiger partial charge in [0.1, 0.15) is 4.83 Å². The molecule has 0 aliphatic heterocycles. The van der Waals surface area contributed by atoms with E-state index < -0.39 is 0 Å². The Balaban J connectivity index is 1.81. The lowest BCUT2D eigenvalue weighted by Crippen LogP contribution is -2.22. The average Bonchev–Trinajstić information content (AvgIpc) is 3.11. The minimum absolute atomic E-state index is 0.0492. The van der Waals surface area contributed by atoms with Crippen LogP contribution in [0.3, 0.4) is 0 Å². The summed E-state index contributed by atoms with van der Waals surface area (Å²) in [4.78, 5) is 20.0. The molecule has 4 rings (SSSR count). The van der Waals surface area contributed by atoms with Gasteiger partial charge in [-0.1, -0.05) is 66.4 Å². The van der Waals surface area contributed by atoms with Crippen LogP contribution in [0.15, 0.2) is 77.2 Å². The molecule has 0 aliphatic rings. The predicted molar refractivity (Wildman–Crippen MR) is 125 cm³/mol. The van der Waals surface area contributed by atoms with Crippen molar-refractivity contribution in [1.29, 1.82) is 5.26 Å². The number of rotatable bonds is 6. The fourth-order valence-electron chi connectivity index (χ4n) is 3.36. The third-order valence-corrected chi connectivity index (χ3v) is 7.12. The van der Waals surface area contributed by atoms with Crippen molar-refractivity contribution in [3.8, 4) is 16.5 Å². The highest BCUT2D eigenvalue weighted by molar-refractivity contribution is 7.98. The van der Waals surface area contributed by atoms with Gasteiger partial charge in [-0.05, 0) is 29.7 Å². The minimum atomic E-state index is -0.0492. The second-order valence-electron chi connectivity index (χ2n) is 6.76. The molecule has 4 aromatic rings. The molecule has 2 aromatic heterocycles. The summed E-state index contributed by atoms with van der Waals surface area (Å²) in [5, 5.41) is 10.6. The van der Waals surface area contributed by atoms with E-state index in [2.05, 4.69) is 24.8 Å². The van der Waals surface area contributed by atoms with Crippen molar-refractivity contribution >= 4 is 33.3 Å². The lowest BCUT2D eigenvalue weighted by molar-refractivity contribution is 0.672. The van der Waals surface area contributed by atoms with Gasteiger partial charge < -0.3 is 0 Å². The van der Waals surface area contributed by atoms with Crippen molar-refractivity contribution < 1.29 is 0 Å². The topological polar surface area (TPSA) is 58.7 Å². The summed E-state index contributed by atoms with van der Waals surface area (Å²) in [5.74, 6) is 0.564. The second-order valence-corrected chi connectivity index (χ2v) is 8.70. The summed E-state index contributed by atoms with van der Waals surface area (Å²) in [6.45, 7) is 6.18. The van der Waals surface area contributed by atoms with Crippen LogP contribution in [-0.4, -0.2) is 9.55 Å². The zero-order chi connectivity index (χ0) is 21.1. The summed E-state index contributed by atoms with van der Waals surface area (Å²) in [7, 11) is 0. The molecule has 2 heterocycles. The summed E-state index contributed by atoms with van der Waals surface area (Å²) in [6.07, 6.45) is 1.71. The first-order valence-corrected chi connectivity index (χ1v) is 11.2. The van der Waals surface area contributed by atoms with E-state index in [1.54, 1.807) is 28.0 Å². The number of aromatic nitrogens is 2. The summed E-state index contributed by atoms with van der Waals surface area (Å²) >= 11 is 3.01. The smallest absolute Gasteiger partial charge is 0.263 e. The first-order chi connectivity index (χ1) is 14.6. The Hall–Kier alpha value is -3.14. The molecule has 0 radical (unpaired) electrons. The number of nitrogens with zero attached hydrogens (tertiary/aromatic N) is 3. The molecule has 0 spiro atoms. The van der Waals surface area contributed by atoms with Crippen LogP contribution in [-0.2, 0) is 12.3 Å². The number of hydrogen-bond acceptors (Lipinski definition) is 5. The van der Waals surface area contributed by atoms with Gasteiger partial charge in [0.25, 0.3) is 5.56 Å². The fraction of sp³-hybridized carbons (Fsp3) is 0.125. The molecule has 0 atom stereocenters. The Morgan fingerprint density at radius 2 is 1.93 bits per heavy atom. The number of allylic oxidation sites excluding steroid dienone is 1. The molecule has 0 N–H and O–H groups in total. The number of thioether (sulfide) groups is 1. The van der Waals surface area contributed by atoms with Gasteiger partial charge in [-0.3, -0.25) is 9.36 Å². The highest BCUT2D eigenvalue weighted by atomic mass is 32.2. The van der Waals surface area contributed by atoms with E-state index in [4.69, 9.17) is 4.98 Å². The van der Waals surface area contributed by atoms with E-state index in [0.717, 1.165) is 26.4 Å². The molecular weight excluding hydrogens is 410 g/mol. The Labute approximate surface area is 183 Å². The van der Waals surface area contributed by atoms with E-state index >= 15 is 0 Å². The molecule has 0 aliphatic carbocycles. The molecule has 4 nitrogen and oxygen atoms in total. The van der Waals surface area contributed by atoms with Crippen LogP contribution in [0.4, 0.5) is 0 Å². The van der Waals surface area contributed by atoms with E-state index in [9.17, 15) is 10.1 Å². The highest BCUT2D eigenvalue weighted by Gasteiger charge is 2.19. The van der Waals surface area contributed by atoms with Gasteiger partial charge in [0.2, 0.25) is 0 Å². The third-order valence-electron chi connectivity index (χ3n) is 4.86. The van der Waals surface area contributed by atoms with Crippen molar-refractivity contribution in [2.45, 2.75) is 24.4 Å². The molecule has 0 fully saturated rings. The molecule has 30 heavy (non-hydrogen) atoms. The molecule has 0 saturated carbocycles. The molecule has 0 unspecified atom stereocenters. The monoisotopic (exact) mass is 429 g/mol. The molecule has 0 saturated heterocycles. The van der Waals surface area contributed by atoms with Gasteiger partial charge in [0, 0.05) is 17.2 Å². The van der Waals surface area contributed by atoms with E-state index in [-0.39, 0.29) is 5.56 Å². The first kappa shape index (κ1) is 20.1. The van der Waals surface area contributed by atoms with Crippen molar-refractivity contribution in [2.24, 2.45) is 0 Å². The van der Waals surface area contributed by atoms with Crippen LogP contribution >= 0.6 is 23.1 Å².